The summed E-state index contributed by atoms with van der Waals surface area (Å²) in [7, 11) is 0. The quantitative estimate of drug-likeness (QED) is 0.795. The molecule has 6 nitrogen and oxygen atoms in total. The van der Waals surface area contributed by atoms with Crippen molar-refractivity contribution in [3.63, 3.8) is 0 Å². The molecule has 0 saturated heterocycles. The highest BCUT2D eigenvalue weighted by Gasteiger charge is 2.13. The summed E-state index contributed by atoms with van der Waals surface area (Å²) in [5.74, 6) is -0.245. The van der Waals surface area contributed by atoms with Crippen LogP contribution < -0.4 is 5.32 Å². The van der Waals surface area contributed by atoms with Crippen molar-refractivity contribution in [2.75, 3.05) is 5.32 Å². The van der Waals surface area contributed by atoms with Crippen molar-refractivity contribution in [1.82, 2.24) is 10.2 Å². The fraction of sp³-hybridized carbons (Fsp3) is 0.100. The number of para-hydroxylation sites is 1. The van der Waals surface area contributed by atoms with Crippen molar-refractivity contribution in [3.05, 3.63) is 35.7 Å². The van der Waals surface area contributed by atoms with Crippen molar-refractivity contribution in [1.29, 1.82) is 0 Å². The molecule has 0 aliphatic heterocycles. The van der Waals surface area contributed by atoms with E-state index in [1.807, 2.05) is 0 Å². The Morgan fingerprint density at radius 2 is 2.12 bits per heavy atom. The molecule has 0 aliphatic rings. The molecule has 82 valence electrons. The van der Waals surface area contributed by atoms with Gasteiger partial charge in [-0.3, -0.25) is 10.1 Å². The van der Waals surface area contributed by atoms with E-state index in [0.29, 0.717) is 5.89 Å². The van der Waals surface area contributed by atoms with Gasteiger partial charge in [-0.25, -0.2) is 0 Å². The van der Waals surface area contributed by atoms with Crippen LogP contribution in [0.3, 0.4) is 0 Å². The highest BCUT2D eigenvalue weighted by molar-refractivity contribution is 6.04. The first kappa shape index (κ1) is 10.2. The Labute approximate surface area is 90.9 Å². The summed E-state index contributed by atoms with van der Waals surface area (Å²) in [6, 6.07) is 6.20. The number of aromatic hydroxyl groups is 1. The van der Waals surface area contributed by atoms with Gasteiger partial charge in [-0.1, -0.05) is 17.2 Å². The Balaban J connectivity index is 2.18. The van der Waals surface area contributed by atoms with Crippen LogP contribution in [0.4, 0.5) is 6.01 Å². The first-order valence-corrected chi connectivity index (χ1v) is 4.56. The van der Waals surface area contributed by atoms with Gasteiger partial charge >= 0.3 is 6.01 Å². The molecule has 0 unspecified atom stereocenters. The van der Waals surface area contributed by atoms with Crippen LogP contribution in [0.2, 0.25) is 0 Å². The summed E-state index contributed by atoms with van der Waals surface area (Å²) in [5.41, 5.74) is 0.151. The largest absolute Gasteiger partial charge is 0.507 e. The summed E-state index contributed by atoms with van der Waals surface area (Å²) < 4.78 is 4.98. The summed E-state index contributed by atoms with van der Waals surface area (Å²) in [6.07, 6.45) is 0. The molecule has 0 spiro atoms. The average molecular weight is 219 g/mol. The maximum absolute atomic E-state index is 11.6. The Kier molecular flexibility index (Phi) is 2.55. The number of nitrogens with one attached hydrogen (secondary N) is 1. The van der Waals surface area contributed by atoms with E-state index in [-0.39, 0.29) is 17.3 Å². The van der Waals surface area contributed by atoms with Gasteiger partial charge in [0.05, 0.1) is 5.56 Å². The van der Waals surface area contributed by atoms with Crippen LogP contribution in [0.15, 0.2) is 28.7 Å². The fourth-order valence-electron chi connectivity index (χ4n) is 1.18. The van der Waals surface area contributed by atoms with Gasteiger partial charge in [0.1, 0.15) is 5.75 Å². The molecule has 0 atom stereocenters. The van der Waals surface area contributed by atoms with Gasteiger partial charge in [0, 0.05) is 6.92 Å². The smallest absolute Gasteiger partial charge is 0.322 e. The number of amides is 1. The van der Waals surface area contributed by atoms with E-state index < -0.39 is 5.91 Å². The zero-order chi connectivity index (χ0) is 11.5. The first-order valence-electron chi connectivity index (χ1n) is 4.56. The fourth-order valence-corrected chi connectivity index (χ4v) is 1.18. The first-order chi connectivity index (χ1) is 7.66. The van der Waals surface area contributed by atoms with Crippen LogP contribution in [-0.2, 0) is 0 Å². The van der Waals surface area contributed by atoms with Crippen LogP contribution in [0.5, 0.6) is 5.75 Å². The molecular weight excluding hydrogens is 210 g/mol. The second-order valence-electron chi connectivity index (χ2n) is 3.10. The molecule has 1 aromatic carbocycles. The molecule has 0 saturated carbocycles. The number of rotatable bonds is 2. The van der Waals surface area contributed by atoms with Crippen LogP contribution in [-0.4, -0.2) is 21.2 Å². The van der Waals surface area contributed by atoms with E-state index >= 15 is 0 Å². The van der Waals surface area contributed by atoms with Crippen molar-refractivity contribution < 1.29 is 14.3 Å². The molecule has 1 aromatic heterocycles. The number of hydrogen-bond donors (Lipinski definition) is 2. The third-order valence-corrected chi connectivity index (χ3v) is 1.90. The third-order valence-electron chi connectivity index (χ3n) is 1.90. The molecular formula is C10H9N3O3. The van der Waals surface area contributed by atoms with Crippen LogP contribution in [0.1, 0.15) is 16.2 Å². The number of phenols is 1. The van der Waals surface area contributed by atoms with Gasteiger partial charge in [-0.2, -0.15) is 0 Å². The number of benzene rings is 1. The zero-order valence-electron chi connectivity index (χ0n) is 8.47. The molecule has 0 aliphatic carbocycles. The summed E-state index contributed by atoms with van der Waals surface area (Å²) in [4.78, 5) is 11.6. The maximum atomic E-state index is 11.6. The lowest BCUT2D eigenvalue weighted by Gasteiger charge is -2.02. The van der Waals surface area contributed by atoms with Gasteiger partial charge < -0.3 is 9.52 Å². The SMILES string of the molecule is Cc1nnc(NC(=O)c2ccccc2O)o1. The van der Waals surface area contributed by atoms with Crippen LogP contribution >= 0.6 is 0 Å². The molecule has 0 fully saturated rings. The second-order valence-corrected chi connectivity index (χ2v) is 3.10. The molecule has 0 bridgehead atoms. The van der Waals surface area contributed by atoms with Crippen molar-refractivity contribution in [2.45, 2.75) is 6.92 Å². The van der Waals surface area contributed by atoms with Crippen molar-refractivity contribution in [2.24, 2.45) is 0 Å². The Bertz CT molecular complexity index is 522. The van der Waals surface area contributed by atoms with Crippen LogP contribution in [0, 0.1) is 6.92 Å². The predicted molar refractivity (Wildman–Crippen MR) is 55.1 cm³/mol. The van der Waals surface area contributed by atoms with Gasteiger partial charge in [0.2, 0.25) is 5.89 Å². The number of hydrogen-bond acceptors (Lipinski definition) is 5. The van der Waals surface area contributed by atoms with Crippen molar-refractivity contribution in [3.8, 4) is 5.75 Å². The Morgan fingerprint density at radius 3 is 2.75 bits per heavy atom. The molecule has 1 heterocycles. The molecule has 1 amide bonds. The highest BCUT2D eigenvalue weighted by Crippen LogP contribution is 2.17. The lowest BCUT2D eigenvalue weighted by atomic mass is 10.2. The Morgan fingerprint density at radius 1 is 1.38 bits per heavy atom. The number of nitrogens with zero attached hydrogens (tertiary/aromatic N) is 2. The number of anilines is 1. The van der Waals surface area contributed by atoms with Gasteiger partial charge in [-0.15, -0.1) is 5.10 Å². The molecule has 6 heteroatoms. The molecule has 0 radical (unpaired) electrons. The van der Waals surface area contributed by atoms with E-state index in [4.69, 9.17) is 4.42 Å². The lowest BCUT2D eigenvalue weighted by molar-refractivity contribution is 0.102. The summed E-state index contributed by atoms with van der Waals surface area (Å²) >= 11 is 0. The Hall–Kier alpha value is -2.37. The van der Waals surface area contributed by atoms with E-state index in [1.54, 1.807) is 19.1 Å². The monoisotopic (exact) mass is 219 g/mol. The normalized spacial score (nSPS) is 10.1. The van der Waals surface area contributed by atoms with Crippen LogP contribution in [0.25, 0.3) is 0 Å². The highest BCUT2D eigenvalue weighted by atomic mass is 16.4. The van der Waals surface area contributed by atoms with Gasteiger partial charge in [0.15, 0.2) is 0 Å². The van der Waals surface area contributed by atoms with E-state index in [2.05, 4.69) is 15.5 Å². The predicted octanol–water partition coefficient (Wildman–Crippen LogP) is 1.34. The maximum Gasteiger partial charge on any atom is 0.322 e. The van der Waals surface area contributed by atoms with Gasteiger partial charge in [0.25, 0.3) is 5.91 Å². The number of carbonyl (C=O) groups excluding carboxylic acids is 1. The molecule has 2 aromatic rings. The average Bonchev–Trinajstić information content (AvgIpc) is 2.64. The van der Waals surface area contributed by atoms with Crippen molar-refractivity contribution >= 4 is 11.9 Å². The van der Waals surface area contributed by atoms with E-state index in [9.17, 15) is 9.90 Å². The van der Waals surface area contributed by atoms with E-state index in [1.165, 1.54) is 12.1 Å². The standard InChI is InChI=1S/C10H9N3O3/c1-6-12-13-10(16-6)11-9(15)7-4-2-3-5-8(7)14/h2-5,14H,1H3,(H,11,13,15). The van der Waals surface area contributed by atoms with Gasteiger partial charge in [-0.05, 0) is 12.1 Å². The number of phenolic OH excluding ortho intramolecular Hbond substituents is 1. The molecule has 2 N–H and O–H groups in total. The lowest BCUT2D eigenvalue weighted by Crippen LogP contribution is -2.12. The third kappa shape index (κ3) is 2.00. The number of aromatic nitrogens is 2. The minimum absolute atomic E-state index is 0.00533. The topological polar surface area (TPSA) is 88.2 Å². The zero-order valence-corrected chi connectivity index (χ0v) is 8.47. The summed E-state index contributed by atoms with van der Waals surface area (Å²) in [5, 5.41) is 19.0. The minimum atomic E-state index is -0.498. The van der Waals surface area contributed by atoms with E-state index in [0.717, 1.165) is 0 Å². The number of aryl methyl sites for hydroxylation is 1. The number of carbonyl (C=O) groups is 1. The second kappa shape index (κ2) is 4.01. The molecule has 16 heavy (non-hydrogen) atoms. The molecule has 2 rings (SSSR count). The minimum Gasteiger partial charge on any atom is -0.507 e. The summed E-state index contributed by atoms with van der Waals surface area (Å²) in [6.45, 7) is 1.61.